The number of carbonyl (C=O) groups excluding carboxylic acids is 2. The van der Waals surface area contributed by atoms with E-state index in [4.69, 9.17) is 4.74 Å². The molecular formula is C23H24N2O5. The molecular weight excluding hydrogens is 384 g/mol. The number of hydrogen-bond donors (Lipinski definition) is 2. The van der Waals surface area contributed by atoms with E-state index in [2.05, 4.69) is 17.4 Å². The van der Waals surface area contributed by atoms with E-state index < -0.39 is 24.1 Å². The number of likely N-dealkylation sites (tertiary alicyclic amines) is 1. The van der Waals surface area contributed by atoms with Gasteiger partial charge in [0.05, 0.1) is 6.04 Å². The highest BCUT2D eigenvalue weighted by molar-refractivity contribution is 5.84. The number of alkyl carbamates (subject to hydrolysis) is 1. The van der Waals surface area contributed by atoms with E-state index in [-0.39, 0.29) is 37.8 Å². The first-order valence-corrected chi connectivity index (χ1v) is 10.1. The van der Waals surface area contributed by atoms with Gasteiger partial charge in [-0.3, -0.25) is 4.79 Å². The molecule has 2 atom stereocenters. The highest BCUT2D eigenvalue weighted by atomic mass is 16.5. The Morgan fingerprint density at radius 3 is 2.23 bits per heavy atom. The normalized spacial score (nSPS) is 19.8. The van der Waals surface area contributed by atoms with Crippen LogP contribution in [0.4, 0.5) is 4.79 Å². The minimum atomic E-state index is -1.06. The fourth-order valence-electron chi connectivity index (χ4n) is 4.46. The largest absolute Gasteiger partial charge is 0.480 e. The molecule has 1 unspecified atom stereocenters. The molecule has 156 valence electrons. The smallest absolute Gasteiger partial charge is 0.407 e. The SMILES string of the molecule is CCC(=O)N1C[C@@H](NC(=O)OCC2c3ccccc3-c3ccccc32)CC1C(=O)O. The molecule has 1 saturated heterocycles. The van der Waals surface area contributed by atoms with Crippen LogP contribution in [0.2, 0.25) is 0 Å². The fraction of sp³-hybridized carbons (Fsp3) is 0.348. The van der Waals surface area contributed by atoms with Gasteiger partial charge in [-0.1, -0.05) is 55.5 Å². The van der Waals surface area contributed by atoms with Crippen LogP contribution in [0.25, 0.3) is 11.1 Å². The average Bonchev–Trinajstić information content (AvgIpc) is 3.31. The second-order valence-electron chi connectivity index (χ2n) is 7.66. The minimum Gasteiger partial charge on any atom is -0.480 e. The molecule has 0 spiro atoms. The number of rotatable bonds is 5. The van der Waals surface area contributed by atoms with Gasteiger partial charge in [0, 0.05) is 25.3 Å². The van der Waals surface area contributed by atoms with Gasteiger partial charge in [-0.05, 0) is 22.3 Å². The summed E-state index contributed by atoms with van der Waals surface area (Å²) in [7, 11) is 0. The molecule has 1 aliphatic carbocycles. The summed E-state index contributed by atoms with van der Waals surface area (Å²) in [6.07, 6.45) is -0.205. The Morgan fingerprint density at radius 1 is 1.07 bits per heavy atom. The second-order valence-corrected chi connectivity index (χ2v) is 7.66. The van der Waals surface area contributed by atoms with E-state index in [1.165, 1.54) is 4.90 Å². The number of ether oxygens (including phenoxy) is 1. The molecule has 7 nitrogen and oxygen atoms in total. The average molecular weight is 408 g/mol. The van der Waals surface area contributed by atoms with Crippen LogP contribution >= 0.6 is 0 Å². The molecule has 2 aliphatic rings. The molecule has 2 N–H and O–H groups in total. The van der Waals surface area contributed by atoms with Crippen LogP contribution in [0, 0.1) is 0 Å². The summed E-state index contributed by atoms with van der Waals surface area (Å²) in [5.41, 5.74) is 4.54. The summed E-state index contributed by atoms with van der Waals surface area (Å²) in [4.78, 5) is 37.2. The first-order chi connectivity index (χ1) is 14.5. The molecule has 1 fully saturated rings. The van der Waals surface area contributed by atoms with Crippen LogP contribution in [0.15, 0.2) is 48.5 Å². The topological polar surface area (TPSA) is 95.9 Å². The molecule has 0 bridgehead atoms. The summed E-state index contributed by atoms with van der Waals surface area (Å²) in [6.45, 7) is 2.05. The molecule has 1 heterocycles. The zero-order chi connectivity index (χ0) is 21.3. The van der Waals surface area contributed by atoms with E-state index >= 15 is 0 Å². The van der Waals surface area contributed by atoms with Gasteiger partial charge in [-0.25, -0.2) is 9.59 Å². The van der Waals surface area contributed by atoms with Crippen molar-refractivity contribution in [1.82, 2.24) is 10.2 Å². The maximum atomic E-state index is 12.4. The summed E-state index contributed by atoms with van der Waals surface area (Å²) in [5.74, 6) is -1.34. The number of carbonyl (C=O) groups is 3. The zero-order valence-electron chi connectivity index (χ0n) is 16.7. The molecule has 1 aliphatic heterocycles. The quantitative estimate of drug-likeness (QED) is 0.793. The molecule has 7 heteroatoms. The Hall–Kier alpha value is -3.35. The van der Waals surface area contributed by atoms with E-state index in [9.17, 15) is 19.5 Å². The van der Waals surface area contributed by atoms with Crippen molar-refractivity contribution in [2.75, 3.05) is 13.2 Å². The predicted molar refractivity (Wildman–Crippen MR) is 110 cm³/mol. The standard InChI is InChI=1S/C23H24N2O5/c1-2-21(26)25-12-14(11-20(25)22(27)28)24-23(29)30-13-19-17-9-5-3-7-15(17)16-8-4-6-10-18(16)19/h3-10,14,19-20H,2,11-13H2,1H3,(H,24,29)(H,27,28)/t14-,20?/m0/s1. The van der Waals surface area contributed by atoms with E-state index in [1.807, 2.05) is 36.4 Å². The van der Waals surface area contributed by atoms with Crippen LogP contribution in [0.5, 0.6) is 0 Å². The lowest BCUT2D eigenvalue weighted by Gasteiger charge is -2.20. The Bertz CT molecular complexity index is 944. The minimum absolute atomic E-state index is 0.0448. The third-order valence-electron chi connectivity index (χ3n) is 5.87. The number of carboxylic acids is 1. The van der Waals surface area contributed by atoms with Gasteiger partial charge in [-0.15, -0.1) is 0 Å². The Balaban J connectivity index is 1.40. The first kappa shape index (κ1) is 19.9. The molecule has 2 aromatic carbocycles. The molecule has 0 radical (unpaired) electrons. The van der Waals surface area contributed by atoms with Crippen molar-refractivity contribution < 1.29 is 24.2 Å². The zero-order valence-corrected chi connectivity index (χ0v) is 16.7. The van der Waals surface area contributed by atoms with Crippen LogP contribution in [0.3, 0.4) is 0 Å². The van der Waals surface area contributed by atoms with Crippen molar-refractivity contribution in [3.63, 3.8) is 0 Å². The number of nitrogens with one attached hydrogen (secondary N) is 1. The lowest BCUT2D eigenvalue weighted by atomic mass is 9.98. The Kier molecular flexibility index (Phi) is 5.44. The molecule has 4 rings (SSSR count). The van der Waals surface area contributed by atoms with Gasteiger partial charge in [0.1, 0.15) is 12.6 Å². The highest BCUT2D eigenvalue weighted by Crippen LogP contribution is 2.44. The van der Waals surface area contributed by atoms with Crippen molar-refractivity contribution >= 4 is 18.0 Å². The third-order valence-corrected chi connectivity index (χ3v) is 5.87. The van der Waals surface area contributed by atoms with Crippen LogP contribution in [-0.4, -0.2) is 53.2 Å². The van der Waals surface area contributed by atoms with Gasteiger partial charge in [-0.2, -0.15) is 0 Å². The van der Waals surface area contributed by atoms with Crippen molar-refractivity contribution in [3.05, 3.63) is 59.7 Å². The monoisotopic (exact) mass is 408 g/mol. The van der Waals surface area contributed by atoms with E-state index in [0.717, 1.165) is 22.3 Å². The number of fused-ring (bicyclic) bond motifs is 3. The number of amides is 2. The predicted octanol–water partition coefficient (Wildman–Crippen LogP) is 2.99. The third kappa shape index (κ3) is 3.63. The number of benzene rings is 2. The summed E-state index contributed by atoms with van der Waals surface area (Å²) in [6, 6.07) is 14.8. The van der Waals surface area contributed by atoms with Crippen LogP contribution in [-0.2, 0) is 14.3 Å². The molecule has 0 aromatic heterocycles. The first-order valence-electron chi connectivity index (χ1n) is 10.1. The molecule has 2 amide bonds. The van der Waals surface area contributed by atoms with Gasteiger partial charge < -0.3 is 20.1 Å². The summed E-state index contributed by atoms with van der Waals surface area (Å²) >= 11 is 0. The maximum absolute atomic E-state index is 12.4. The van der Waals surface area contributed by atoms with Gasteiger partial charge in [0.15, 0.2) is 0 Å². The Labute approximate surface area is 174 Å². The van der Waals surface area contributed by atoms with E-state index in [1.54, 1.807) is 6.92 Å². The Morgan fingerprint density at radius 2 is 1.67 bits per heavy atom. The molecule has 2 aromatic rings. The number of nitrogens with zero attached hydrogens (tertiary/aromatic N) is 1. The van der Waals surface area contributed by atoms with Crippen molar-refractivity contribution in [2.45, 2.75) is 37.8 Å². The van der Waals surface area contributed by atoms with Crippen molar-refractivity contribution in [2.24, 2.45) is 0 Å². The fourth-order valence-corrected chi connectivity index (χ4v) is 4.46. The maximum Gasteiger partial charge on any atom is 0.407 e. The molecule has 0 saturated carbocycles. The van der Waals surface area contributed by atoms with Crippen LogP contribution in [0.1, 0.15) is 36.8 Å². The van der Waals surface area contributed by atoms with Gasteiger partial charge >= 0.3 is 12.1 Å². The summed E-state index contributed by atoms with van der Waals surface area (Å²) in [5, 5.41) is 12.1. The van der Waals surface area contributed by atoms with Crippen molar-refractivity contribution in [3.8, 4) is 11.1 Å². The van der Waals surface area contributed by atoms with Crippen LogP contribution < -0.4 is 5.32 Å². The highest BCUT2D eigenvalue weighted by Gasteiger charge is 2.40. The van der Waals surface area contributed by atoms with Crippen molar-refractivity contribution in [1.29, 1.82) is 0 Å². The van der Waals surface area contributed by atoms with Gasteiger partial charge in [0.2, 0.25) is 5.91 Å². The van der Waals surface area contributed by atoms with E-state index in [0.29, 0.717) is 0 Å². The lowest BCUT2D eigenvalue weighted by Crippen LogP contribution is -2.41. The lowest BCUT2D eigenvalue weighted by molar-refractivity contribution is -0.148. The second kappa shape index (κ2) is 8.18. The number of aliphatic carboxylic acids is 1. The molecule has 30 heavy (non-hydrogen) atoms. The van der Waals surface area contributed by atoms with Gasteiger partial charge in [0.25, 0.3) is 0 Å². The number of hydrogen-bond acceptors (Lipinski definition) is 4. The summed E-state index contributed by atoms with van der Waals surface area (Å²) < 4.78 is 5.52. The number of carboxylic acid groups (broad SMARTS) is 1.